The number of ether oxygens (including phenoxy) is 1. The molecule has 1 aliphatic heterocycles. The first-order chi connectivity index (χ1) is 7.74. The van der Waals surface area contributed by atoms with Crippen molar-refractivity contribution >= 4 is 17.6 Å². The lowest BCUT2D eigenvalue weighted by Crippen LogP contribution is -2.06. The molecule has 5 heteroatoms. The van der Waals surface area contributed by atoms with E-state index in [4.69, 9.17) is 10.5 Å². The van der Waals surface area contributed by atoms with E-state index in [1.165, 1.54) is 12.8 Å². The van der Waals surface area contributed by atoms with Gasteiger partial charge in [0.1, 0.15) is 5.82 Å². The molecule has 0 aromatic carbocycles. The van der Waals surface area contributed by atoms with Gasteiger partial charge in [0.15, 0.2) is 5.16 Å². The molecule has 1 atom stereocenters. The number of rotatable bonds is 4. The van der Waals surface area contributed by atoms with E-state index in [0.717, 1.165) is 29.6 Å². The molecule has 2 N–H and O–H groups in total. The minimum atomic E-state index is 0.439. The van der Waals surface area contributed by atoms with Crippen LogP contribution in [0.3, 0.4) is 0 Å². The Morgan fingerprint density at radius 1 is 1.56 bits per heavy atom. The predicted octanol–water partition coefficient (Wildman–Crippen LogP) is 2.03. The van der Waals surface area contributed by atoms with E-state index in [1.807, 2.05) is 6.92 Å². The van der Waals surface area contributed by atoms with Crippen LogP contribution in [-0.4, -0.2) is 28.4 Å². The van der Waals surface area contributed by atoms with Gasteiger partial charge < -0.3 is 10.5 Å². The minimum absolute atomic E-state index is 0.439. The fraction of sp³-hybridized carbons (Fsp3) is 0.636. The fourth-order valence-electron chi connectivity index (χ4n) is 1.78. The third kappa shape index (κ3) is 3.35. The molecule has 0 radical (unpaired) electrons. The topological polar surface area (TPSA) is 61.0 Å². The van der Waals surface area contributed by atoms with E-state index in [-0.39, 0.29) is 0 Å². The normalized spacial score (nSPS) is 20.2. The van der Waals surface area contributed by atoms with Crippen LogP contribution in [0.15, 0.2) is 11.2 Å². The number of hydrogen-bond acceptors (Lipinski definition) is 5. The van der Waals surface area contributed by atoms with Crippen molar-refractivity contribution in [2.24, 2.45) is 0 Å². The van der Waals surface area contributed by atoms with Crippen LogP contribution in [0.2, 0.25) is 0 Å². The highest BCUT2D eigenvalue weighted by molar-refractivity contribution is 7.99. The molecule has 0 saturated carbocycles. The van der Waals surface area contributed by atoms with Crippen molar-refractivity contribution in [3.63, 3.8) is 0 Å². The van der Waals surface area contributed by atoms with Gasteiger partial charge in [0.05, 0.1) is 6.10 Å². The molecule has 16 heavy (non-hydrogen) atoms. The number of nitrogen functional groups attached to an aromatic ring is 1. The van der Waals surface area contributed by atoms with Crippen LogP contribution in [0, 0.1) is 6.92 Å². The van der Waals surface area contributed by atoms with E-state index >= 15 is 0 Å². The third-order valence-corrected chi connectivity index (χ3v) is 3.43. The first kappa shape index (κ1) is 11.7. The van der Waals surface area contributed by atoms with Crippen molar-refractivity contribution in [2.45, 2.75) is 37.4 Å². The summed E-state index contributed by atoms with van der Waals surface area (Å²) < 4.78 is 5.56. The fourth-order valence-corrected chi connectivity index (χ4v) is 2.72. The summed E-state index contributed by atoms with van der Waals surface area (Å²) >= 11 is 1.65. The van der Waals surface area contributed by atoms with Gasteiger partial charge >= 0.3 is 0 Å². The van der Waals surface area contributed by atoms with Crippen molar-refractivity contribution in [3.8, 4) is 0 Å². The van der Waals surface area contributed by atoms with Crippen LogP contribution in [0.25, 0.3) is 0 Å². The Labute approximate surface area is 100.0 Å². The number of nitrogens with two attached hydrogens (primary N) is 1. The maximum atomic E-state index is 5.66. The number of aromatic nitrogens is 2. The maximum Gasteiger partial charge on any atom is 0.189 e. The Morgan fingerprint density at radius 2 is 2.44 bits per heavy atom. The van der Waals surface area contributed by atoms with Gasteiger partial charge in [0.2, 0.25) is 0 Å². The average Bonchev–Trinajstić information content (AvgIpc) is 2.69. The highest BCUT2D eigenvalue weighted by atomic mass is 32.2. The molecule has 1 aromatic heterocycles. The van der Waals surface area contributed by atoms with Crippen LogP contribution in [0.4, 0.5) is 5.82 Å². The van der Waals surface area contributed by atoms with E-state index < -0.39 is 0 Å². The van der Waals surface area contributed by atoms with E-state index in [9.17, 15) is 0 Å². The van der Waals surface area contributed by atoms with Gasteiger partial charge in [-0.1, -0.05) is 11.8 Å². The largest absolute Gasteiger partial charge is 0.384 e. The minimum Gasteiger partial charge on any atom is -0.384 e. The monoisotopic (exact) mass is 239 g/mol. The van der Waals surface area contributed by atoms with Gasteiger partial charge in [-0.2, -0.15) is 0 Å². The average molecular weight is 239 g/mol. The molecule has 2 rings (SSSR count). The Kier molecular flexibility index (Phi) is 4.01. The molecule has 1 aromatic rings. The summed E-state index contributed by atoms with van der Waals surface area (Å²) in [5.74, 6) is 1.54. The molecule has 88 valence electrons. The van der Waals surface area contributed by atoms with Gasteiger partial charge in [-0.25, -0.2) is 9.97 Å². The van der Waals surface area contributed by atoms with E-state index in [0.29, 0.717) is 11.9 Å². The van der Waals surface area contributed by atoms with Gasteiger partial charge in [0.25, 0.3) is 0 Å². The summed E-state index contributed by atoms with van der Waals surface area (Å²) in [5.41, 5.74) is 6.59. The van der Waals surface area contributed by atoms with Crippen LogP contribution in [0.1, 0.15) is 25.0 Å². The van der Waals surface area contributed by atoms with Crippen LogP contribution >= 0.6 is 11.8 Å². The van der Waals surface area contributed by atoms with E-state index in [2.05, 4.69) is 9.97 Å². The molecule has 2 heterocycles. The predicted molar refractivity (Wildman–Crippen MR) is 65.5 cm³/mol. The zero-order valence-corrected chi connectivity index (χ0v) is 10.3. The first-order valence-electron chi connectivity index (χ1n) is 5.59. The highest BCUT2D eigenvalue weighted by Gasteiger charge is 2.15. The number of hydrogen-bond donors (Lipinski definition) is 1. The molecule has 1 aliphatic rings. The van der Waals surface area contributed by atoms with Crippen molar-refractivity contribution in [1.82, 2.24) is 9.97 Å². The molecule has 1 unspecified atom stereocenters. The molecular formula is C11H17N3OS. The Bertz CT molecular complexity index is 333. The van der Waals surface area contributed by atoms with Crippen molar-refractivity contribution in [3.05, 3.63) is 11.8 Å². The van der Waals surface area contributed by atoms with Crippen LogP contribution in [0.5, 0.6) is 0 Å². The summed E-state index contributed by atoms with van der Waals surface area (Å²) in [5, 5.41) is 0.774. The zero-order chi connectivity index (χ0) is 11.4. The lowest BCUT2D eigenvalue weighted by atomic mass is 10.2. The summed E-state index contributed by atoms with van der Waals surface area (Å²) in [4.78, 5) is 8.52. The Morgan fingerprint density at radius 3 is 3.12 bits per heavy atom. The molecule has 0 aliphatic carbocycles. The molecule has 1 saturated heterocycles. The quantitative estimate of drug-likeness (QED) is 0.643. The van der Waals surface area contributed by atoms with E-state index in [1.54, 1.807) is 17.8 Å². The Hall–Kier alpha value is -0.810. The smallest absolute Gasteiger partial charge is 0.189 e. The number of nitrogens with zero attached hydrogens (tertiary/aromatic N) is 2. The van der Waals surface area contributed by atoms with Crippen LogP contribution < -0.4 is 5.73 Å². The van der Waals surface area contributed by atoms with Crippen molar-refractivity contribution in [1.29, 1.82) is 0 Å². The summed E-state index contributed by atoms with van der Waals surface area (Å²) in [6.07, 6.45) is 3.90. The molecule has 4 nitrogen and oxygen atoms in total. The molecule has 0 bridgehead atoms. The maximum absolute atomic E-state index is 5.66. The third-order valence-electron chi connectivity index (χ3n) is 2.55. The second-order valence-electron chi connectivity index (χ2n) is 3.99. The second-order valence-corrected chi connectivity index (χ2v) is 5.05. The van der Waals surface area contributed by atoms with Gasteiger partial charge in [0, 0.05) is 24.1 Å². The molecular weight excluding hydrogens is 222 g/mol. The summed E-state index contributed by atoms with van der Waals surface area (Å²) in [6.45, 7) is 2.85. The highest BCUT2D eigenvalue weighted by Crippen LogP contribution is 2.21. The standard InChI is InChI=1S/C11H17N3OS/c1-8-7-10(12)14-11(13-8)16-6-4-9-3-2-5-15-9/h7,9H,2-6H2,1H3,(H2,12,13,14). The summed E-state index contributed by atoms with van der Waals surface area (Å²) in [6, 6.07) is 1.78. The van der Waals surface area contributed by atoms with Gasteiger partial charge in [-0.05, 0) is 26.2 Å². The molecule has 0 amide bonds. The number of thioether (sulfide) groups is 1. The van der Waals surface area contributed by atoms with Crippen molar-refractivity contribution < 1.29 is 4.74 Å². The second kappa shape index (κ2) is 5.50. The summed E-state index contributed by atoms with van der Waals surface area (Å²) in [7, 11) is 0. The van der Waals surface area contributed by atoms with Crippen molar-refractivity contribution in [2.75, 3.05) is 18.1 Å². The van der Waals surface area contributed by atoms with Gasteiger partial charge in [-0.3, -0.25) is 0 Å². The number of anilines is 1. The SMILES string of the molecule is Cc1cc(N)nc(SCCC2CCCO2)n1. The lowest BCUT2D eigenvalue weighted by molar-refractivity contribution is 0.109. The lowest BCUT2D eigenvalue weighted by Gasteiger charge is -2.08. The molecule has 0 spiro atoms. The van der Waals surface area contributed by atoms with Gasteiger partial charge in [-0.15, -0.1) is 0 Å². The Balaban J connectivity index is 1.80. The zero-order valence-electron chi connectivity index (χ0n) is 9.48. The molecule has 1 fully saturated rings. The number of aryl methyl sites for hydroxylation is 1. The first-order valence-corrected chi connectivity index (χ1v) is 6.58. The van der Waals surface area contributed by atoms with Crippen LogP contribution in [-0.2, 0) is 4.74 Å².